The lowest BCUT2D eigenvalue weighted by Gasteiger charge is -2.12. The highest BCUT2D eigenvalue weighted by molar-refractivity contribution is 5.67. The van der Waals surface area contributed by atoms with Gasteiger partial charge in [-0.3, -0.25) is 4.98 Å². The summed E-state index contributed by atoms with van der Waals surface area (Å²) < 4.78 is 6.02. The topological polar surface area (TPSA) is 45.9 Å². The highest BCUT2D eigenvalue weighted by atomic mass is 16.5. The number of aromatic nitrogens is 1. The fraction of sp³-hybridized carbons (Fsp3) is 0.182. The van der Waals surface area contributed by atoms with Crippen LogP contribution in [0.4, 0.5) is 0 Å². The molecule has 25 heavy (non-hydrogen) atoms. The average Bonchev–Trinajstić information content (AvgIpc) is 3.49. The van der Waals surface area contributed by atoms with Gasteiger partial charge >= 0.3 is 0 Å². The Hall–Kier alpha value is -3.12. The van der Waals surface area contributed by atoms with E-state index < -0.39 is 0 Å². The third-order valence-electron chi connectivity index (χ3n) is 4.68. The van der Waals surface area contributed by atoms with E-state index >= 15 is 0 Å². The van der Waals surface area contributed by atoms with Gasteiger partial charge in [-0.05, 0) is 42.2 Å². The predicted octanol–water partition coefficient (Wildman–Crippen LogP) is 4.88. The maximum absolute atomic E-state index is 9.32. The lowest BCUT2D eigenvalue weighted by Crippen LogP contribution is -2.03. The van der Waals surface area contributed by atoms with Gasteiger partial charge in [0.25, 0.3) is 0 Å². The molecule has 1 aromatic heterocycles. The van der Waals surface area contributed by atoms with Crippen molar-refractivity contribution in [3.63, 3.8) is 0 Å². The van der Waals surface area contributed by atoms with Crippen LogP contribution in [0.2, 0.25) is 0 Å². The Morgan fingerprint density at radius 1 is 0.960 bits per heavy atom. The van der Waals surface area contributed by atoms with Crippen LogP contribution in [0.3, 0.4) is 0 Å². The first-order valence-electron chi connectivity index (χ1n) is 8.45. The van der Waals surface area contributed by atoms with Crippen LogP contribution in [0.5, 0.6) is 5.75 Å². The monoisotopic (exact) mass is 326 g/mol. The number of para-hydroxylation sites is 1. The number of pyridine rings is 1. The molecule has 1 heterocycles. The molecule has 0 bridgehead atoms. The van der Waals surface area contributed by atoms with Gasteiger partial charge in [-0.1, -0.05) is 48.5 Å². The van der Waals surface area contributed by atoms with Gasteiger partial charge in [0.1, 0.15) is 12.4 Å². The number of hydrogen-bond acceptors (Lipinski definition) is 3. The molecule has 0 unspecified atom stereocenters. The van der Waals surface area contributed by atoms with Crippen LogP contribution < -0.4 is 4.74 Å². The van der Waals surface area contributed by atoms with Gasteiger partial charge in [0.2, 0.25) is 0 Å². The van der Waals surface area contributed by atoms with Crippen molar-refractivity contribution >= 4 is 0 Å². The van der Waals surface area contributed by atoms with Crippen molar-refractivity contribution in [3.05, 3.63) is 84.1 Å². The van der Waals surface area contributed by atoms with Crippen LogP contribution in [0, 0.1) is 11.3 Å². The van der Waals surface area contributed by atoms with Crippen molar-refractivity contribution in [1.82, 2.24) is 4.98 Å². The zero-order chi connectivity index (χ0) is 17.1. The molecule has 0 aliphatic heterocycles. The van der Waals surface area contributed by atoms with Gasteiger partial charge < -0.3 is 4.74 Å². The van der Waals surface area contributed by atoms with Crippen LogP contribution in [-0.2, 0) is 12.0 Å². The molecule has 3 aromatic rings. The summed E-state index contributed by atoms with van der Waals surface area (Å²) in [7, 11) is 0. The van der Waals surface area contributed by atoms with Gasteiger partial charge in [0.15, 0.2) is 0 Å². The SMILES string of the molecule is N#CC1(c2ccc(-c3ccccc3OCc3ccccc3)nc2)CC1. The minimum Gasteiger partial charge on any atom is -0.488 e. The van der Waals surface area contributed by atoms with Crippen LogP contribution in [0.1, 0.15) is 24.0 Å². The summed E-state index contributed by atoms with van der Waals surface area (Å²) in [6, 6.07) is 24.5. The predicted molar refractivity (Wildman–Crippen MR) is 97.0 cm³/mol. The first kappa shape index (κ1) is 15.4. The minimum absolute atomic E-state index is 0.297. The Labute approximate surface area is 147 Å². The molecule has 1 saturated carbocycles. The molecule has 0 atom stereocenters. The van der Waals surface area contributed by atoms with E-state index in [1.54, 1.807) is 0 Å². The summed E-state index contributed by atoms with van der Waals surface area (Å²) in [4.78, 5) is 4.59. The van der Waals surface area contributed by atoms with E-state index in [0.717, 1.165) is 41.0 Å². The number of ether oxygens (including phenoxy) is 1. The zero-order valence-corrected chi connectivity index (χ0v) is 13.9. The Bertz CT molecular complexity index is 907. The van der Waals surface area contributed by atoms with Gasteiger partial charge in [-0.15, -0.1) is 0 Å². The summed E-state index contributed by atoms with van der Waals surface area (Å²) in [5, 5.41) is 9.32. The molecule has 0 saturated heterocycles. The van der Waals surface area contributed by atoms with Crippen molar-refractivity contribution < 1.29 is 4.74 Å². The van der Waals surface area contributed by atoms with Crippen molar-refractivity contribution in [2.24, 2.45) is 0 Å². The fourth-order valence-electron chi connectivity index (χ4n) is 2.97. The molecule has 1 aliphatic rings. The first-order chi connectivity index (χ1) is 12.3. The van der Waals surface area contributed by atoms with E-state index in [1.165, 1.54) is 0 Å². The van der Waals surface area contributed by atoms with E-state index in [-0.39, 0.29) is 5.41 Å². The molecule has 0 spiro atoms. The minimum atomic E-state index is -0.297. The van der Waals surface area contributed by atoms with Gasteiger partial charge in [0.05, 0.1) is 17.2 Å². The third kappa shape index (κ3) is 3.12. The average molecular weight is 326 g/mol. The normalized spacial score (nSPS) is 14.5. The molecule has 4 rings (SSSR count). The van der Waals surface area contributed by atoms with Gasteiger partial charge in [-0.2, -0.15) is 5.26 Å². The van der Waals surface area contributed by atoms with Crippen LogP contribution >= 0.6 is 0 Å². The smallest absolute Gasteiger partial charge is 0.129 e. The summed E-state index contributed by atoms with van der Waals surface area (Å²) in [5.41, 5.74) is 3.68. The Balaban J connectivity index is 1.57. The van der Waals surface area contributed by atoms with Crippen LogP contribution in [0.25, 0.3) is 11.3 Å². The number of nitriles is 1. The molecule has 122 valence electrons. The lowest BCUT2D eigenvalue weighted by atomic mass is 9.99. The first-order valence-corrected chi connectivity index (χ1v) is 8.45. The van der Waals surface area contributed by atoms with E-state index in [4.69, 9.17) is 4.74 Å². The molecule has 0 radical (unpaired) electrons. The highest BCUT2D eigenvalue weighted by Crippen LogP contribution is 2.47. The number of nitrogens with zero attached hydrogens (tertiary/aromatic N) is 2. The molecular formula is C22H18N2O. The molecule has 1 aliphatic carbocycles. The molecule has 2 aromatic carbocycles. The molecule has 0 N–H and O–H groups in total. The standard InChI is InChI=1S/C22H18N2O/c23-16-22(12-13-22)18-10-11-20(24-14-18)19-8-4-5-9-21(19)25-15-17-6-2-1-3-7-17/h1-11,14H,12-13,15H2. The maximum Gasteiger partial charge on any atom is 0.129 e. The Morgan fingerprint density at radius 3 is 2.40 bits per heavy atom. The third-order valence-corrected chi connectivity index (χ3v) is 4.68. The summed E-state index contributed by atoms with van der Waals surface area (Å²) in [6.07, 6.45) is 3.70. The second-order valence-corrected chi connectivity index (χ2v) is 6.40. The second kappa shape index (κ2) is 6.41. The Morgan fingerprint density at radius 2 is 1.72 bits per heavy atom. The number of hydrogen-bond donors (Lipinski definition) is 0. The summed E-state index contributed by atoms with van der Waals surface area (Å²) in [6.45, 7) is 0.521. The summed E-state index contributed by atoms with van der Waals surface area (Å²) >= 11 is 0. The second-order valence-electron chi connectivity index (χ2n) is 6.40. The van der Waals surface area contributed by atoms with Crippen molar-refractivity contribution in [2.75, 3.05) is 0 Å². The number of benzene rings is 2. The largest absolute Gasteiger partial charge is 0.488 e. The maximum atomic E-state index is 9.32. The van der Waals surface area contributed by atoms with Gasteiger partial charge in [-0.25, -0.2) is 0 Å². The van der Waals surface area contributed by atoms with Gasteiger partial charge in [0, 0.05) is 11.8 Å². The van der Waals surface area contributed by atoms with Crippen molar-refractivity contribution in [3.8, 4) is 23.1 Å². The van der Waals surface area contributed by atoms with E-state index in [2.05, 4.69) is 11.1 Å². The number of rotatable bonds is 5. The van der Waals surface area contributed by atoms with Crippen molar-refractivity contribution in [2.45, 2.75) is 24.9 Å². The van der Waals surface area contributed by atoms with Crippen LogP contribution in [0.15, 0.2) is 72.9 Å². The van der Waals surface area contributed by atoms with E-state index in [9.17, 15) is 5.26 Å². The fourth-order valence-corrected chi connectivity index (χ4v) is 2.97. The lowest BCUT2D eigenvalue weighted by molar-refractivity contribution is 0.307. The Kier molecular flexibility index (Phi) is 3.95. The van der Waals surface area contributed by atoms with E-state index in [1.807, 2.05) is 72.9 Å². The highest BCUT2D eigenvalue weighted by Gasteiger charge is 2.45. The summed E-state index contributed by atoms with van der Waals surface area (Å²) in [5.74, 6) is 0.813. The quantitative estimate of drug-likeness (QED) is 0.671. The molecule has 1 fully saturated rings. The van der Waals surface area contributed by atoms with Crippen molar-refractivity contribution in [1.29, 1.82) is 5.26 Å². The molecule has 3 heteroatoms. The van der Waals surface area contributed by atoms with Crippen LogP contribution in [-0.4, -0.2) is 4.98 Å². The molecule has 0 amide bonds. The zero-order valence-electron chi connectivity index (χ0n) is 13.9. The molecule has 3 nitrogen and oxygen atoms in total. The molecular weight excluding hydrogens is 308 g/mol. The van der Waals surface area contributed by atoms with E-state index in [0.29, 0.717) is 6.61 Å².